The van der Waals surface area contributed by atoms with E-state index in [4.69, 9.17) is 16.5 Å². The first kappa shape index (κ1) is 22.9. The Hall–Kier alpha value is -3.50. The lowest BCUT2D eigenvalue weighted by Gasteiger charge is -2.49. The Balaban J connectivity index is 1.38. The number of anilines is 1. The molecule has 1 aliphatic carbocycles. The summed E-state index contributed by atoms with van der Waals surface area (Å²) in [5, 5.41) is 11.9. The van der Waals surface area contributed by atoms with Crippen molar-refractivity contribution in [1.82, 2.24) is 19.9 Å². The lowest BCUT2D eigenvalue weighted by atomic mass is 9.63. The maximum atomic E-state index is 10.2. The fourth-order valence-electron chi connectivity index (χ4n) is 4.83. The van der Waals surface area contributed by atoms with E-state index in [1.165, 1.54) is 0 Å². The minimum Gasteiger partial charge on any atom is -0.390 e. The summed E-state index contributed by atoms with van der Waals surface area (Å²) < 4.78 is 0. The van der Waals surface area contributed by atoms with E-state index in [2.05, 4.69) is 51.4 Å². The van der Waals surface area contributed by atoms with Gasteiger partial charge >= 0.3 is 0 Å². The summed E-state index contributed by atoms with van der Waals surface area (Å²) in [6.45, 7) is 1.83. The summed E-state index contributed by atoms with van der Waals surface area (Å²) in [6.07, 6.45) is 6.32. The second-order valence-corrected chi connectivity index (χ2v) is 11.5. The molecule has 36 heavy (non-hydrogen) atoms. The molecule has 0 amide bonds. The molecule has 5 N–H and O–H groups in total. The third kappa shape index (κ3) is 4.20. The van der Waals surface area contributed by atoms with Gasteiger partial charge in [0, 0.05) is 35.3 Å². The second-order valence-electron chi connectivity index (χ2n) is 9.51. The van der Waals surface area contributed by atoms with Crippen molar-refractivity contribution in [2.24, 2.45) is 5.73 Å². The van der Waals surface area contributed by atoms with Crippen molar-refractivity contribution in [3.05, 3.63) is 78.8 Å². The summed E-state index contributed by atoms with van der Waals surface area (Å²) in [5.41, 5.74) is 15.9. The molecule has 180 valence electrons. The number of thiazole rings is 2. The molecule has 1 saturated carbocycles. The van der Waals surface area contributed by atoms with Gasteiger partial charge in [-0.2, -0.15) is 0 Å². The molecule has 1 fully saturated rings. The van der Waals surface area contributed by atoms with Gasteiger partial charge in [-0.05, 0) is 30.9 Å². The maximum absolute atomic E-state index is 10.2. The van der Waals surface area contributed by atoms with Gasteiger partial charge in [-0.3, -0.25) is 0 Å². The number of nitrogens with zero attached hydrogens (tertiary/aromatic N) is 4. The van der Waals surface area contributed by atoms with Crippen LogP contribution in [0, 0.1) is 0 Å². The molecule has 3 heterocycles. The average molecular weight is 513 g/mol. The van der Waals surface area contributed by atoms with Gasteiger partial charge in [-0.25, -0.2) is 19.9 Å². The van der Waals surface area contributed by atoms with Crippen LogP contribution in [0.25, 0.3) is 42.2 Å². The number of hydrogen-bond donors (Lipinski definition) is 3. The molecule has 6 rings (SSSR count). The summed E-state index contributed by atoms with van der Waals surface area (Å²) in [5.74, 6) is 0.238. The molecular weight excluding hydrogens is 488 g/mol. The summed E-state index contributed by atoms with van der Waals surface area (Å²) in [7, 11) is 0. The number of hydrogen-bond acceptors (Lipinski definition) is 9. The Morgan fingerprint density at radius 2 is 1.50 bits per heavy atom. The van der Waals surface area contributed by atoms with Crippen LogP contribution in [0.5, 0.6) is 0 Å². The standard InChI is InChI=1S/C27H24N6OS2/c1-26(34)14-27(29,15-26)19-9-7-16(8-10-19)21-22(17-5-3-2-4-6-17)36-24(33-21)20-13-30-23(35-20)18-11-31-25(28)32-12-18/h2-13,34H,14-15,29H2,1H3,(H2,28,31,32). The van der Waals surface area contributed by atoms with Crippen LogP contribution in [0.2, 0.25) is 0 Å². The van der Waals surface area contributed by atoms with Gasteiger partial charge < -0.3 is 16.6 Å². The predicted octanol–water partition coefficient (Wildman–Crippen LogP) is 5.34. The Kier molecular flexibility index (Phi) is 5.45. The molecule has 5 aromatic rings. The minimum atomic E-state index is -0.691. The molecule has 0 aliphatic heterocycles. The zero-order chi connectivity index (χ0) is 24.9. The van der Waals surface area contributed by atoms with Crippen molar-refractivity contribution in [1.29, 1.82) is 0 Å². The van der Waals surface area contributed by atoms with Crippen LogP contribution in [0.1, 0.15) is 25.3 Å². The highest BCUT2D eigenvalue weighted by molar-refractivity contribution is 7.25. The highest BCUT2D eigenvalue weighted by Gasteiger charge is 2.49. The molecule has 0 atom stereocenters. The Morgan fingerprint density at radius 3 is 2.17 bits per heavy atom. The lowest BCUT2D eigenvalue weighted by molar-refractivity contribution is -0.0738. The normalized spacial score (nSPS) is 21.3. The van der Waals surface area contributed by atoms with E-state index in [1.54, 1.807) is 35.1 Å². The van der Waals surface area contributed by atoms with Gasteiger partial charge in [0.05, 0.1) is 21.0 Å². The molecule has 0 unspecified atom stereocenters. The SMILES string of the molecule is CC1(O)CC(N)(c2ccc(-c3nc(-c4cnc(-c5cnc(N)nc5)s4)sc3-c3ccccc3)cc2)C1. The number of benzene rings is 2. The monoisotopic (exact) mass is 512 g/mol. The Bertz CT molecular complexity index is 1520. The van der Waals surface area contributed by atoms with Crippen LogP contribution < -0.4 is 11.5 Å². The summed E-state index contributed by atoms with van der Waals surface area (Å²) in [6, 6.07) is 18.6. The van der Waals surface area contributed by atoms with Gasteiger partial charge in [0.25, 0.3) is 0 Å². The van der Waals surface area contributed by atoms with Crippen LogP contribution >= 0.6 is 22.7 Å². The van der Waals surface area contributed by atoms with E-state index >= 15 is 0 Å². The van der Waals surface area contributed by atoms with E-state index < -0.39 is 11.1 Å². The van der Waals surface area contributed by atoms with Crippen LogP contribution in [-0.2, 0) is 5.54 Å². The lowest BCUT2D eigenvalue weighted by Crippen LogP contribution is -2.58. The zero-order valence-electron chi connectivity index (χ0n) is 19.5. The molecule has 2 aromatic carbocycles. The van der Waals surface area contributed by atoms with Gasteiger partial charge in [0.15, 0.2) is 0 Å². The first-order valence-electron chi connectivity index (χ1n) is 11.5. The second kappa shape index (κ2) is 8.56. The fraction of sp³-hybridized carbons (Fsp3) is 0.185. The van der Waals surface area contributed by atoms with Crippen LogP contribution in [0.4, 0.5) is 5.95 Å². The highest BCUT2D eigenvalue weighted by Crippen LogP contribution is 2.47. The van der Waals surface area contributed by atoms with Gasteiger partial charge in [0.1, 0.15) is 10.0 Å². The molecular formula is C27H24N6OS2. The average Bonchev–Trinajstić information content (AvgIpc) is 3.52. The van der Waals surface area contributed by atoms with E-state index in [0.29, 0.717) is 12.8 Å². The number of rotatable bonds is 5. The third-order valence-electron chi connectivity index (χ3n) is 6.42. The number of aromatic nitrogens is 4. The fourth-order valence-corrected chi connectivity index (χ4v) is 6.86. The van der Waals surface area contributed by atoms with Gasteiger partial charge in [-0.1, -0.05) is 54.6 Å². The molecule has 7 nitrogen and oxygen atoms in total. The van der Waals surface area contributed by atoms with Crippen molar-refractivity contribution >= 4 is 28.6 Å². The van der Waals surface area contributed by atoms with Gasteiger partial charge in [0.2, 0.25) is 5.95 Å². The van der Waals surface area contributed by atoms with Crippen molar-refractivity contribution in [2.75, 3.05) is 5.73 Å². The van der Waals surface area contributed by atoms with Crippen molar-refractivity contribution in [2.45, 2.75) is 30.9 Å². The minimum absolute atomic E-state index is 0.238. The largest absolute Gasteiger partial charge is 0.390 e. The van der Waals surface area contributed by atoms with Crippen molar-refractivity contribution < 1.29 is 5.11 Å². The molecule has 9 heteroatoms. The number of nitrogens with two attached hydrogens (primary N) is 2. The van der Waals surface area contributed by atoms with E-state index in [0.717, 1.165) is 47.7 Å². The van der Waals surface area contributed by atoms with E-state index in [9.17, 15) is 5.11 Å². The summed E-state index contributed by atoms with van der Waals surface area (Å²) in [4.78, 5) is 19.9. The number of nitrogen functional groups attached to an aromatic ring is 1. The Morgan fingerprint density at radius 1 is 0.806 bits per heavy atom. The molecule has 0 radical (unpaired) electrons. The smallest absolute Gasteiger partial charge is 0.219 e. The van der Waals surface area contributed by atoms with E-state index in [-0.39, 0.29) is 5.95 Å². The van der Waals surface area contributed by atoms with Crippen molar-refractivity contribution in [3.8, 4) is 42.2 Å². The first-order chi connectivity index (χ1) is 17.3. The summed E-state index contributed by atoms with van der Waals surface area (Å²) >= 11 is 3.20. The van der Waals surface area contributed by atoms with Crippen molar-refractivity contribution in [3.63, 3.8) is 0 Å². The maximum Gasteiger partial charge on any atom is 0.219 e. The third-order valence-corrected chi connectivity index (χ3v) is 8.74. The van der Waals surface area contributed by atoms with Crippen LogP contribution in [0.3, 0.4) is 0 Å². The van der Waals surface area contributed by atoms with Crippen LogP contribution in [-0.4, -0.2) is 30.6 Å². The topological polar surface area (TPSA) is 124 Å². The molecule has 0 saturated heterocycles. The number of aliphatic hydroxyl groups is 1. The first-order valence-corrected chi connectivity index (χ1v) is 13.2. The highest BCUT2D eigenvalue weighted by atomic mass is 32.1. The Labute approximate surface area is 216 Å². The van der Waals surface area contributed by atoms with Crippen LogP contribution in [0.15, 0.2) is 73.2 Å². The molecule has 3 aromatic heterocycles. The zero-order valence-corrected chi connectivity index (χ0v) is 21.2. The molecule has 1 aliphatic rings. The quantitative estimate of drug-likeness (QED) is 0.290. The van der Waals surface area contributed by atoms with Gasteiger partial charge in [-0.15, -0.1) is 22.7 Å². The molecule has 0 spiro atoms. The molecule has 0 bridgehead atoms. The predicted molar refractivity (Wildman–Crippen MR) is 145 cm³/mol. The van der Waals surface area contributed by atoms with E-state index in [1.807, 2.05) is 31.3 Å².